The molecule has 2 aromatic rings. The second-order valence-electron chi connectivity index (χ2n) is 4.87. The molecule has 2 N–H and O–H groups in total. The number of hydrogen-bond acceptors (Lipinski definition) is 4. The van der Waals surface area contributed by atoms with Crippen LogP contribution in [0.15, 0.2) is 34.7 Å². The standard InChI is InChI=1S/C15H20N2O3.ClH/c1-10(17(2)15(18)12(16)9-19-3)14-8-11-6-4-5-7-13(11)20-14;/h4-8,10,12H,9,16H2,1-3H3;1H. The Balaban J connectivity index is 0.00000220. The Kier molecular flexibility index (Phi) is 6.20. The summed E-state index contributed by atoms with van der Waals surface area (Å²) in [4.78, 5) is 13.7. The van der Waals surface area contributed by atoms with Crippen LogP contribution in [0.5, 0.6) is 0 Å². The van der Waals surface area contributed by atoms with Crippen molar-refractivity contribution in [2.24, 2.45) is 5.73 Å². The Morgan fingerprint density at radius 1 is 1.43 bits per heavy atom. The average Bonchev–Trinajstić information content (AvgIpc) is 2.89. The normalized spacial score (nSPS) is 13.5. The van der Waals surface area contributed by atoms with Gasteiger partial charge >= 0.3 is 0 Å². The van der Waals surface area contributed by atoms with Crippen molar-refractivity contribution < 1.29 is 13.9 Å². The van der Waals surface area contributed by atoms with Gasteiger partial charge in [0, 0.05) is 19.5 Å². The second kappa shape index (κ2) is 7.45. The van der Waals surface area contributed by atoms with Crippen LogP contribution in [0.25, 0.3) is 11.0 Å². The summed E-state index contributed by atoms with van der Waals surface area (Å²) < 4.78 is 10.7. The van der Waals surface area contributed by atoms with E-state index in [4.69, 9.17) is 14.9 Å². The molecular weight excluding hydrogens is 292 g/mol. The van der Waals surface area contributed by atoms with Crippen LogP contribution in [0.2, 0.25) is 0 Å². The van der Waals surface area contributed by atoms with Crippen molar-refractivity contribution in [2.75, 3.05) is 20.8 Å². The lowest BCUT2D eigenvalue weighted by Crippen LogP contribution is -2.45. The topological polar surface area (TPSA) is 68.7 Å². The van der Waals surface area contributed by atoms with Gasteiger partial charge in [0.25, 0.3) is 0 Å². The number of nitrogens with two attached hydrogens (primary N) is 1. The molecule has 0 fully saturated rings. The highest BCUT2D eigenvalue weighted by atomic mass is 35.5. The highest BCUT2D eigenvalue weighted by molar-refractivity contribution is 5.85. The third-order valence-corrected chi connectivity index (χ3v) is 3.45. The summed E-state index contributed by atoms with van der Waals surface area (Å²) in [6.45, 7) is 2.12. The number of nitrogens with zero attached hydrogens (tertiary/aromatic N) is 1. The SMILES string of the molecule is COCC(N)C(=O)N(C)C(C)c1cc2ccccc2o1.Cl. The lowest BCUT2D eigenvalue weighted by atomic mass is 10.1. The molecule has 0 aliphatic rings. The third-order valence-electron chi connectivity index (χ3n) is 3.45. The van der Waals surface area contributed by atoms with E-state index in [1.807, 2.05) is 37.3 Å². The van der Waals surface area contributed by atoms with Crippen LogP contribution in [0.3, 0.4) is 0 Å². The number of para-hydroxylation sites is 1. The van der Waals surface area contributed by atoms with Crippen molar-refractivity contribution >= 4 is 29.3 Å². The molecule has 116 valence electrons. The van der Waals surface area contributed by atoms with Gasteiger partial charge in [-0.15, -0.1) is 12.4 Å². The molecule has 0 bridgehead atoms. The largest absolute Gasteiger partial charge is 0.459 e. The molecule has 2 atom stereocenters. The fourth-order valence-corrected chi connectivity index (χ4v) is 2.10. The van der Waals surface area contributed by atoms with Gasteiger partial charge in [-0.1, -0.05) is 18.2 Å². The number of benzene rings is 1. The lowest BCUT2D eigenvalue weighted by Gasteiger charge is -2.25. The van der Waals surface area contributed by atoms with Crippen LogP contribution >= 0.6 is 12.4 Å². The summed E-state index contributed by atoms with van der Waals surface area (Å²) >= 11 is 0. The molecule has 0 aliphatic carbocycles. The van der Waals surface area contributed by atoms with Crippen molar-refractivity contribution in [1.29, 1.82) is 0 Å². The van der Waals surface area contributed by atoms with Crippen LogP contribution < -0.4 is 5.73 Å². The predicted octanol–water partition coefficient (Wildman–Crippen LogP) is 2.35. The van der Waals surface area contributed by atoms with E-state index in [-0.39, 0.29) is 31.0 Å². The fraction of sp³-hybridized carbons (Fsp3) is 0.400. The first-order chi connectivity index (χ1) is 9.54. The maximum atomic E-state index is 12.1. The summed E-state index contributed by atoms with van der Waals surface area (Å²) in [5.74, 6) is 0.575. The molecule has 21 heavy (non-hydrogen) atoms. The first kappa shape index (κ1) is 17.5. The minimum Gasteiger partial charge on any atom is -0.459 e. The number of furan rings is 1. The van der Waals surface area contributed by atoms with Gasteiger partial charge in [0.1, 0.15) is 17.4 Å². The lowest BCUT2D eigenvalue weighted by molar-refractivity contribution is -0.134. The molecule has 1 amide bonds. The summed E-state index contributed by atoms with van der Waals surface area (Å²) in [6.07, 6.45) is 0. The highest BCUT2D eigenvalue weighted by Gasteiger charge is 2.24. The Morgan fingerprint density at radius 3 is 2.71 bits per heavy atom. The third kappa shape index (κ3) is 3.75. The van der Waals surface area contributed by atoms with E-state index in [9.17, 15) is 4.79 Å². The van der Waals surface area contributed by atoms with Crippen molar-refractivity contribution in [1.82, 2.24) is 4.90 Å². The van der Waals surface area contributed by atoms with Crippen LogP contribution in [-0.2, 0) is 9.53 Å². The number of amides is 1. The Hall–Kier alpha value is -1.56. The van der Waals surface area contributed by atoms with Crippen molar-refractivity contribution in [3.63, 3.8) is 0 Å². The maximum absolute atomic E-state index is 12.1. The first-order valence-electron chi connectivity index (χ1n) is 6.54. The van der Waals surface area contributed by atoms with E-state index in [0.29, 0.717) is 0 Å². The quantitative estimate of drug-likeness (QED) is 0.920. The molecule has 1 aromatic heterocycles. The van der Waals surface area contributed by atoms with Gasteiger partial charge in [-0.25, -0.2) is 0 Å². The number of methoxy groups -OCH3 is 1. The Labute approximate surface area is 130 Å². The zero-order valence-electron chi connectivity index (χ0n) is 12.4. The molecule has 5 nitrogen and oxygen atoms in total. The number of ether oxygens (including phenoxy) is 1. The van der Waals surface area contributed by atoms with Crippen LogP contribution in [0, 0.1) is 0 Å². The molecule has 2 rings (SSSR count). The monoisotopic (exact) mass is 312 g/mol. The summed E-state index contributed by atoms with van der Waals surface area (Å²) in [5, 5.41) is 1.02. The molecular formula is C15H21ClN2O3. The van der Waals surface area contributed by atoms with Gasteiger partial charge in [-0.05, 0) is 19.1 Å². The van der Waals surface area contributed by atoms with Crippen molar-refractivity contribution in [3.8, 4) is 0 Å². The molecule has 2 unspecified atom stereocenters. The second-order valence-corrected chi connectivity index (χ2v) is 4.87. The molecule has 1 heterocycles. The smallest absolute Gasteiger partial charge is 0.242 e. The molecule has 0 saturated heterocycles. The molecule has 6 heteroatoms. The van der Waals surface area contributed by atoms with E-state index in [2.05, 4.69) is 0 Å². The number of hydrogen-bond donors (Lipinski definition) is 1. The number of carbonyl (C=O) groups is 1. The van der Waals surface area contributed by atoms with E-state index < -0.39 is 6.04 Å². The van der Waals surface area contributed by atoms with Crippen molar-refractivity contribution in [2.45, 2.75) is 19.0 Å². The Bertz CT molecular complexity index is 566. The number of likely N-dealkylation sites (N-methyl/N-ethyl adjacent to an activating group) is 1. The first-order valence-corrected chi connectivity index (χ1v) is 6.54. The minimum absolute atomic E-state index is 0. The van der Waals surface area contributed by atoms with Crippen molar-refractivity contribution in [3.05, 3.63) is 36.1 Å². The van der Waals surface area contributed by atoms with E-state index in [1.54, 1.807) is 11.9 Å². The van der Waals surface area contributed by atoms with Gasteiger partial charge in [0.05, 0.1) is 12.6 Å². The van der Waals surface area contributed by atoms with Gasteiger partial charge in [0.15, 0.2) is 0 Å². The molecule has 0 spiro atoms. The number of fused-ring (bicyclic) bond motifs is 1. The van der Waals surface area contributed by atoms with Gasteiger partial charge < -0.3 is 19.8 Å². The van der Waals surface area contributed by atoms with E-state index in [0.717, 1.165) is 16.7 Å². The summed E-state index contributed by atoms with van der Waals surface area (Å²) in [5.41, 5.74) is 6.59. The van der Waals surface area contributed by atoms with Gasteiger partial charge in [-0.2, -0.15) is 0 Å². The van der Waals surface area contributed by atoms with Crippen LogP contribution in [0.4, 0.5) is 0 Å². The summed E-state index contributed by atoms with van der Waals surface area (Å²) in [6, 6.07) is 8.87. The molecule has 1 aromatic carbocycles. The van der Waals surface area contributed by atoms with Gasteiger partial charge in [0.2, 0.25) is 5.91 Å². The number of rotatable bonds is 5. The van der Waals surface area contributed by atoms with E-state index >= 15 is 0 Å². The predicted molar refractivity (Wildman–Crippen MR) is 84.5 cm³/mol. The highest BCUT2D eigenvalue weighted by Crippen LogP contribution is 2.26. The minimum atomic E-state index is -0.656. The maximum Gasteiger partial charge on any atom is 0.242 e. The fourth-order valence-electron chi connectivity index (χ4n) is 2.10. The zero-order valence-corrected chi connectivity index (χ0v) is 13.2. The van der Waals surface area contributed by atoms with Gasteiger partial charge in [-0.3, -0.25) is 4.79 Å². The zero-order chi connectivity index (χ0) is 14.7. The molecule has 0 saturated carbocycles. The molecule has 0 aliphatic heterocycles. The average molecular weight is 313 g/mol. The number of carbonyl (C=O) groups excluding carboxylic acids is 1. The van der Waals surface area contributed by atoms with Crippen LogP contribution in [-0.4, -0.2) is 37.6 Å². The van der Waals surface area contributed by atoms with Crippen LogP contribution in [0.1, 0.15) is 18.7 Å². The number of halogens is 1. The summed E-state index contributed by atoms with van der Waals surface area (Å²) in [7, 11) is 3.24. The van der Waals surface area contributed by atoms with E-state index in [1.165, 1.54) is 7.11 Å². The Morgan fingerprint density at radius 2 is 2.10 bits per heavy atom. The molecule has 0 radical (unpaired) electrons.